The Morgan fingerprint density at radius 3 is 2.92 bits per heavy atom. The van der Waals surface area contributed by atoms with Gasteiger partial charge in [-0.15, -0.1) is 0 Å². The second kappa shape index (κ2) is 3.87. The minimum Gasteiger partial charge on any atom is -0.346 e. The van der Waals surface area contributed by atoms with Crippen molar-refractivity contribution in [1.82, 2.24) is 4.90 Å². The van der Waals surface area contributed by atoms with Gasteiger partial charge in [0.1, 0.15) is 6.17 Å². The summed E-state index contributed by atoms with van der Waals surface area (Å²) in [6.07, 6.45) is 0.999. The first kappa shape index (κ1) is 9.49. The Morgan fingerprint density at radius 2 is 2.25 bits per heavy atom. The minimum absolute atomic E-state index is 0.0809. The van der Waals surface area contributed by atoms with Crippen LogP contribution in [0.4, 0.5) is 4.39 Å². The van der Waals surface area contributed by atoms with Gasteiger partial charge in [-0.05, 0) is 19.3 Å². The third-order valence-corrected chi connectivity index (χ3v) is 2.42. The van der Waals surface area contributed by atoms with Gasteiger partial charge >= 0.3 is 0 Å². The van der Waals surface area contributed by atoms with Crippen LogP contribution in [0.15, 0.2) is 0 Å². The third kappa shape index (κ3) is 2.19. The van der Waals surface area contributed by atoms with E-state index >= 15 is 0 Å². The van der Waals surface area contributed by atoms with Gasteiger partial charge < -0.3 is 4.90 Å². The SMILES string of the molecule is CC1CC(F)CCCN(C)C1=O. The molecule has 0 N–H and O–H groups in total. The Balaban J connectivity index is 2.56. The minimum atomic E-state index is -0.780. The first-order valence-electron chi connectivity index (χ1n) is 4.50. The van der Waals surface area contributed by atoms with Gasteiger partial charge in [0.2, 0.25) is 5.91 Å². The fourth-order valence-corrected chi connectivity index (χ4v) is 1.64. The smallest absolute Gasteiger partial charge is 0.225 e. The Hall–Kier alpha value is -0.600. The van der Waals surface area contributed by atoms with Crippen molar-refractivity contribution in [3.05, 3.63) is 0 Å². The van der Waals surface area contributed by atoms with Crippen molar-refractivity contribution in [1.29, 1.82) is 0 Å². The molecule has 1 amide bonds. The molecule has 0 aromatic carbocycles. The molecule has 70 valence electrons. The largest absolute Gasteiger partial charge is 0.346 e. The molecule has 0 radical (unpaired) electrons. The second-order valence-electron chi connectivity index (χ2n) is 3.64. The van der Waals surface area contributed by atoms with E-state index in [2.05, 4.69) is 0 Å². The highest BCUT2D eigenvalue weighted by Gasteiger charge is 2.23. The number of carbonyl (C=O) groups excluding carboxylic acids is 1. The first-order chi connectivity index (χ1) is 5.61. The predicted octanol–water partition coefficient (Wildman–Crippen LogP) is 1.60. The van der Waals surface area contributed by atoms with E-state index in [0.29, 0.717) is 19.4 Å². The summed E-state index contributed by atoms with van der Waals surface area (Å²) in [7, 11) is 1.79. The van der Waals surface area contributed by atoms with Crippen molar-refractivity contribution in [3.8, 4) is 0 Å². The number of rotatable bonds is 0. The van der Waals surface area contributed by atoms with Crippen LogP contribution in [0, 0.1) is 5.92 Å². The van der Waals surface area contributed by atoms with E-state index < -0.39 is 6.17 Å². The van der Waals surface area contributed by atoms with Gasteiger partial charge in [0.05, 0.1) is 0 Å². The van der Waals surface area contributed by atoms with Gasteiger partial charge in [-0.3, -0.25) is 4.79 Å². The molecule has 0 aromatic rings. The lowest BCUT2D eigenvalue weighted by molar-refractivity contribution is -0.135. The molecule has 1 aliphatic heterocycles. The topological polar surface area (TPSA) is 20.3 Å². The van der Waals surface area contributed by atoms with Gasteiger partial charge in [-0.1, -0.05) is 6.92 Å². The van der Waals surface area contributed by atoms with Gasteiger partial charge in [0.25, 0.3) is 0 Å². The van der Waals surface area contributed by atoms with Crippen molar-refractivity contribution in [2.45, 2.75) is 32.4 Å². The number of carbonyl (C=O) groups is 1. The zero-order valence-electron chi connectivity index (χ0n) is 7.72. The molecule has 3 heteroatoms. The van der Waals surface area contributed by atoms with Crippen LogP contribution in [0.1, 0.15) is 26.2 Å². The Morgan fingerprint density at radius 1 is 1.58 bits per heavy atom. The maximum atomic E-state index is 13.0. The van der Waals surface area contributed by atoms with E-state index in [-0.39, 0.29) is 11.8 Å². The number of alkyl halides is 1. The van der Waals surface area contributed by atoms with Crippen LogP contribution < -0.4 is 0 Å². The molecule has 0 saturated carbocycles. The third-order valence-electron chi connectivity index (χ3n) is 2.42. The molecule has 0 bridgehead atoms. The highest BCUT2D eigenvalue weighted by molar-refractivity contribution is 5.78. The Bertz CT molecular complexity index is 172. The van der Waals surface area contributed by atoms with Crippen LogP contribution in [0.2, 0.25) is 0 Å². The molecular formula is C9H16FNO. The van der Waals surface area contributed by atoms with E-state index in [9.17, 15) is 9.18 Å². The first-order valence-corrected chi connectivity index (χ1v) is 4.50. The summed E-state index contributed by atoms with van der Waals surface area (Å²) in [5, 5.41) is 0. The Kier molecular flexibility index (Phi) is 3.06. The van der Waals surface area contributed by atoms with Gasteiger partial charge in [-0.25, -0.2) is 4.39 Å². The molecule has 0 spiro atoms. The molecule has 1 fully saturated rings. The molecule has 0 aliphatic carbocycles. The number of nitrogens with zero attached hydrogens (tertiary/aromatic N) is 1. The molecular weight excluding hydrogens is 157 g/mol. The number of halogens is 1. The average Bonchev–Trinajstić information content (AvgIpc) is 2.01. The van der Waals surface area contributed by atoms with Crippen LogP contribution in [0.5, 0.6) is 0 Å². The molecule has 2 atom stereocenters. The lowest BCUT2D eigenvalue weighted by Crippen LogP contribution is -2.35. The lowest BCUT2D eigenvalue weighted by Gasteiger charge is -2.25. The van der Waals surface area contributed by atoms with E-state index in [1.807, 2.05) is 0 Å². The van der Waals surface area contributed by atoms with Gasteiger partial charge in [-0.2, -0.15) is 0 Å². The zero-order chi connectivity index (χ0) is 9.14. The molecule has 0 aromatic heterocycles. The molecule has 1 heterocycles. The van der Waals surface area contributed by atoms with Crippen molar-refractivity contribution >= 4 is 5.91 Å². The zero-order valence-corrected chi connectivity index (χ0v) is 7.72. The maximum absolute atomic E-state index is 13.0. The fraction of sp³-hybridized carbons (Fsp3) is 0.889. The number of hydrogen-bond acceptors (Lipinski definition) is 1. The number of hydrogen-bond donors (Lipinski definition) is 0. The van der Waals surface area contributed by atoms with Crippen LogP contribution in [0.3, 0.4) is 0 Å². The van der Waals surface area contributed by atoms with Crippen molar-refractivity contribution in [2.75, 3.05) is 13.6 Å². The maximum Gasteiger partial charge on any atom is 0.225 e. The van der Waals surface area contributed by atoms with E-state index in [1.54, 1.807) is 18.9 Å². The number of likely N-dealkylation sites (tertiary alicyclic amines) is 1. The van der Waals surface area contributed by atoms with Crippen molar-refractivity contribution in [2.24, 2.45) is 5.92 Å². The molecule has 2 nitrogen and oxygen atoms in total. The number of amides is 1. The highest BCUT2D eigenvalue weighted by Crippen LogP contribution is 2.18. The van der Waals surface area contributed by atoms with Gasteiger partial charge in [0.15, 0.2) is 0 Å². The summed E-state index contributed by atoms with van der Waals surface area (Å²) in [5.41, 5.74) is 0. The van der Waals surface area contributed by atoms with Crippen LogP contribution >= 0.6 is 0 Å². The lowest BCUT2D eigenvalue weighted by atomic mass is 9.98. The molecule has 12 heavy (non-hydrogen) atoms. The van der Waals surface area contributed by atoms with E-state index in [0.717, 1.165) is 6.42 Å². The monoisotopic (exact) mass is 173 g/mol. The van der Waals surface area contributed by atoms with Crippen LogP contribution in [0.25, 0.3) is 0 Å². The van der Waals surface area contributed by atoms with E-state index in [1.165, 1.54) is 0 Å². The van der Waals surface area contributed by atoms with Crippen molar-refractivity contribution < 1.29 is 9.18 Å². The standard InChI is InChI=1S/C9H16FNO/c1-7-6-8(10)4-3-5-11(2)9(7)12/h7-8H,3-6H2,1-2H3. The highest BCUT2D eigenvalue weighted by atomic mass is 19.1. The Labute approximate surface area is 72.7 Å². The van der Waals surface area contributed by atoms with Gasteiger partial charge in [0, 0.05) is 19.5 Å². The summed E-state index contributed by atoms with van der Waals surface area (Å²) >= 11 is 0. The molecule has 1 saturated heterocycles. The normalized spacial score (nSPS) is 32.9. The van der Waals surface area contributed by atoms with Crippen molar-refractivity contribution in [3.63, 3.8) is 0 Å². The molecule has 2 unspecified atom stereocenters. The molecule has 1 rings (SSSR count). The average molecular weight is 173 g/mol. The molecule has 1 aliphatic rings. The quantitative estimate of drug-likeness (QED) is 0.545. The second-order valence-corrected chi connectivity index (χ2v) is 3.64. The predicted molar refractivity (Wildman–Crippen MR) is 45.5 cm³/mol. The summed E-state index contributed by atoms with van der Waals surface area (Å²) in [6.45, 7) is 2.50. The summed E-state index contributed by atoms with van der Waals surface area (Å²) < 4.78 is 13.0. The van der Waals surface area contributed by atoms with E-state index in [4.69, 9.17) is 0 Å². The summed E-state index contributed by atoms with van der Waals surface area (Å²) in [4.78, 5) is 13.1. The van der Waals surface area contributed by atoms with Crippen LogP contribution in [-0.2, 0) is 4.79 Å². The fourth-order valence-electron chi connectivity index (χ4n) is 1.64. The summed E-state index contributed by atoms with van der Waals surface area (Å²) in [5.74, 6) is -0.0670. The summed E-state index contributed by atoms with van der Waals surface area (Å²) in [6, 6.07) is 0. The van der Waals surface area contributed by atoms with Crippen LogP contribution in [-0.4, -0.2) is 30.6 Å².